The Hall–Kier alpha value is -2.04. The van der Waals surface area contributed by atoms with Gasteiger partial charge in [-0.15, -0.1) is 0 Å². The first kappa shape index (κ1) is 16.0. The highest BCUT2D eigenvalue weighted by Gasteiger charge is 2.15. The first-order valence-corrected chi connectivity index (χ1v) is 6.65. The minimum absolute atomic E-state index is 0.431. The van der Waals surface area contributed by atoms with Crippen molar-refractivity contribution in [3.8, 4) is 0 Å². The summed E-state index contributed by atoms with van der Waals surface area (Å²) in [5, 5.41) is 15.0. The van der Waals surface area contributed by atoms with Crippen molar-refractivity contribution in [3.05, 3.63) is 35.9 Å². The molecule has 0 aromatic heterocycles. The molecule has 0 fully saturated rings. The molecule has 5 heteroatoms. The van der Waals surface area contributed by atoms with Crippen LogP contribution < -0.4 is 5.32 Å². The van der Waals surface area contributed by atoms with Crippen LogP contribution in [0.5, 0.6) is 0 Å². The van der Waals surface area contributed by atoms with E-state index in [0.717, 1.165) is 5.56 Å². The zero-order chi connectivity index (χ0) is 15.0. The molecule has 0 radical (unpaired) electrons. The lowest BCUT2D eigenvalue weighted by atomic mass is 10.1. The van der Waals surface area contributed by atoms with Crippen LogP contribution in [-0.4, -0.2) is 29.2 Å². The van der Waals surface area contributed by atoms with Crippen molar-refractivity contribution in [2.24, 2.45) is 5.16 Å². The van der Waals surface area contributed by atoms with Crippen molar-refractivity contribution < 1.29 is 14.7 Å². The van der Waals surface area contributed by atoms with E-state index in [0.29, 0.717) is 25.1 Å². The molecule has 110 valence electrons. The predicted octanol–water partition coefficient (Wildman–Crippen LogP) is 3.17. The zero-order valence-corrected chi connectivity index (χ0v) is 12.2. The third kappa shape index (κ3) is 6.22. The fraction of sp³-hybridized carbons (Fsp3) is 0.467. The van der Waals surface area contributed by atoms with Crippen molar-refractivity contribution >= 4 is 11.8 Å². The second-order valence-electron chi connectivity index (χ2n) is 5.44. The van der Waals surface area contributed by atoms with Gasteiger partial charge in [-0.3, -0.25) is 0 Å². The highest BCUT2D eigenvalue weighted by molar-refractivity contribution is 6.00. The Morgan fingerprint density at radius 1 is 1.30 bits per heavy atom. The molecule has 0 bridgehead atoms. The van der Waals surface area contributed by atoms with Gasteiger partial charge in [-0.25, -0.2) is 4.79 Å². The van der Waals surface area contributed by atoms with Crippen LogP contribution in [0.25, 0.3) is 0 Å². The molecule has 0 aliphatic heterocycles. The number of benzene rings is 1. The third-order valence-electron chi connectivity index (χ3n) is 2.49. The number of amides is 1. The van der Waals surface area contributed by atoms with E-state index in [1.807, 2.05) is 51.1 Å². The minimum atomic E-state index is -0.494. The molecule has 0 saturated heterocycles. The maximum atomic E-state index is 11.4. The van der Waals surface area contributed by atoms with E-state index < -0.39 is 11.7 Å². The van der Waals surface area contributed by atoms with Gasteiger partial charge in [0.05, 0.1) is 5.71 Å². The molecule has 0 spiro atoms. The van der Waals surface area contributed by atoms with E-state index in [-0.39, 0.29) is 0 Å². The Labute approximate surface area is 119 Å². The van der Waals surface area contributed by atoms with Gasteiger partial charge in [0.15, 0.2) is 0 Å². The fourth-order valence-electron chi connectivity index (χ4n) is 1.64. The molecule has 0 unspecified atom stereocenters. The largest absolute Gasteiger partial charge is 0.444 e. The summed E-state index contributed by atoms with van der Waals surface area (Å²) < 4.78 is 5.13. The van der Waals surface area contributed by atoms with E-state index in [9.17, 15) is 4.79 Å². The lowest BCUT2D eigenvalue weighted by Gasteiger charge is -2.19. The van der Waals surface area contributed by atoms with Crippen molar-refractivity contribution in [2.75, 3.05) is 6.54 Å². The highest BCUT2D eigenvalue weighted by atomic mass is 16.6. The number of alkyl carbamates (subject to hydrolysis) is 1. The molecular weight excluding hydrogens is 256 g/mol. The van der Waals surface area contributed by atoms with Crippen LogP contribution in [0.2, 0.25) is 0 Å². The Balaban J connectivity index is 2.32. The molecule has 1 aromatic rings. The molecule has 1 amide bonds. The molecule has 0 atom stereocenters. The summed E-state index contributed by atoms with van der Waals surface area (Å²) in [6.07, 6.45) is 0.823. The Bertz CT molecular complexity index is 450. The van der Waals surface area contributed by atoms with Crippen LogP contribution in [0.1, 0.15) is 39.2 Å². The second-order valence-corrected chi connectivity index (χ2v) is 5.44. The minimum Gasteiger partial charge on any atom is -0.444 e. The number of carbonyl (C=O) groups is 1. The molecule has 2 N–H and O–H groups in total. The normalized spacial score (nSPS) is 12.1. The number of hydrogen-bond acceptors (Lipinski definition) is 4. The van der Waals surface area contributed by atoms with Crippen LogP contribution >= 0.6 is 0 Å². The molecule has 5 nitrogen and oxygen atoms in total. The van der Waals surface area contributed by atoms with Gasteiger partial charge in [0.25, 0.3) is 0 Å². The van der Waals surface area contributed by atoms with Gasteiger partial charge in [0, 0.05) is 6.54 Å². The average Bonchev–Trinajstić information content (AvgIpc) is 2.38. The molecule has 20 heavy (non-hydrogen) atoms. The maximum Gasteiger partial charge on any atom is 0.407 e. The highest BCUT2D eigenvalue weighted by Crippen LogP contribution is 2.08. The SMILES string of the molecule is CC(C)(C)OC(=O)NCCC/C(=N/O)c1ccccc1. The Morgan fingerprint density at radius 3 is 2.50 bits per heavy atom. The standard InChI is InChI=1S/C15H22N2O3/c1-15(2,3)20-14(18)16-11-7-10-13(17-19)12-8-5-4-6-9-12/h4-6,8-9,19H,7,10-11H2,1-3H3,(H,16,18)/b17-13-. The van der Waals surface area contributed by atoms with Crippen LogP contribution in [0.4, 0.5) is 4.79 Å². The van der Waals surface area contributed by atoms with E-state index in [1.54, 1.807) is 0 Å². The average molecular weight is 278 g/mol. The van der Waals surface area contributed by atoms with Crippen molar-refractivity contribution in [2.45, 2.75) is 39.2 Å². The molecular formula is C15H22N2O3. The summed E-state index contributed by atoms with van der Waals surface area (Å²) in [5.41, 5.74) is 0.995. The molecule has 0 aliphatic rings. The van der Waals surface area contributed by atoms with E-state index in [4.69, 9.17) is 9.94 Å². The summed E-state index contributed by atoms with van der Waals surface area (Å²) in [5.74, 6) is 0. The van der Waals surface area contributed by atoms with E-state index >= 15 is 0 Å². The Morgan fingerprint density at radius 2 is 1.95 bits per heavy atom. The molecule has 0 saturated carbocycles. The van der Waals surface area contributed by atoms with Crippen molar-refractivity contribution in [3.63, 3.8) is 0 Å². The summed E-state index contributed by atoms with van der Waals surface area (Å²) in [6, 6.07) is 9.45. The van der Waals surface area contributed by atoms with Gasteiger partial charge in [0.2, 0.25) is 0 Å². The quantitative estimate of drug-likeness (QED) is 0.376. The first-order chi connectivity index (χ1) is 9.42. The molecule has 1 aromatic carbocycles. The number of rotatable bonds is 5. The number of nitrogens with one attached hydrogen (secondary N) is 1. The summed E-state index contributed by atoms with van der Waals surface area (Å²) in [7, 11) is 0. The summed E-state index contributed by atoms with van der Waals surface area (Å²) in [6.45, 7) is 5.93. The monoisotopic (exact) mass is 278 g/mol. The summed E-state index contributed by atoms with van der Waals surface area (Å²) in [4.78, 5) is 11.4. The van der Waals surface area contributed by atoms with Crippen LogP contribution in [0.15, 0.2) is 35.5 Å². The third-order valence-corrected chi connectivity index (χ3v) is 2.49. The molecule has 1 rings (SSSR count). The second kappa shape index (κ2) is 7.53. The van der Waals surface area contributed by atoms with Gasteiger partial charge in [0.1, 0.15) is 5.60 Å². The number of hydrogen-bond donors (Lipinski definition) is 2. The number of oxime groups is 1. The number of carbonyl (C=O) groups excluding carboxylic acids is 1. The lowest BCUT2D eigenvalue weighted by Crippen LogP contribution is -2.33. The summed E-state index contributed by atoms with van der Waals surface area (Å²) >= 11 is 0. The van der Waals surface area contributed by atoms with Gasteiger partial charge in [-0.2, -0.15) is 0 Å². The van der Waals surface area contributed by atoms with Crippen LogP contribution in [-0.2, 0) is 4.74 Å². The smallest absolute Gasteiger partial charge is 0.407 e. The number of ether oxygens (including phenoxy) is 1. The van der Waals surface area contributed by atoms with Crippen LogP contribution in [0.3, 0.4) is 0 Å². The Kier molecular flexibility index (Phi) is 6.03. The van der Waals surface area contributed by atoms with Crippen molar-refractivity contribution in [1.82, 2.24) is 5.32 Å². The first-order valence-electron chi connectivity index (χ1n) is 6.65. The van der Waals surface area contributed by atoms with E-state index in [1.165, 1.54) is 0 Å². The van der Waals surface area contributed by atoms with Crippen molar-refractivity contribution in [1.29, 1.82) is 0 Å². The van der Waals surface area contributed by atoms with Gasteiger partial charge in [-0.1, -0.05) is 35.5 Å². The molecule has 0 aliphatic carbocycles. The topological polar surface area (TPSA) is 70.9 Å². The van der Waals surface area contributed by atoms with E-state index in [2.05, 4.69) is 10.5 Å². The lowest BCUT2D eigenvalue weighted by molar-refractivity contribution is 0.0527. The number of nitrogens with zero attached hydrogens (tertiary/aromatic N) is 1. The maximum absolute atomic E-state index is 11.4. The van der Waals surface area contributed by atoms with Crippen LogP contribution in [0, 0.1) is 0 Å². The van der Waals surface area contributed by atoms with Gasteiger partial charge >= 0.3 is 6.09 Å². The predicted molar refractivity (Wildman–Crippen MR) is 78.2 cm³/mol. The fourth-order valence-corrected chi connectivity index (χ4v) is 1.64. The van der Waals surface area contributed by atoms with Gasteiger partial charge < -0.3 is 15.3 Å². The molecule has 0 heterocycles. The van der Waals surface area contributed by atoms with Gasteiger partial charge in [-0.05, 0) is 39.2 Å². The zero-order valence-electron chi connectivity index (χ0n) is 12.2.